The van der Waals surface area contributed by atoms with Crippen molar-refractivity contribution in [1.82, 2.24) is 4.98 Å². The molecule has 0 saturated heterocycles. The fourth-order valence-electron chi connectivity index (χ4n) is 1.59. The van der Waals surface area contributed by atoms with Crippen LogP contribution in [0.4, 0.5) is 0 Å². The molecule has 0 aliphatic heterocycles. The summed E-state index contributed by atoms with van der Waals surface area (Å²) in [6.07, 6.45) is 3.48. The molecule has 0 aliphatic rings. The number of pyridine rings is 1. The van der Waals surface area contributed by atoms with Crippen LogP contribution in [-0.4, -0.2) is 17.2 Å². The van der Waals surface area contributed by atoms with E-state index in [1.165, 1.54) is 11.8 Å². The van der Waals surface area contributed by atoms with Crippen molar-refractivity contribution in [2.24, 2.45) is 0 Å². The first-order valence-corrected chi connectivity index (χ1v) is 7.70. The molecule has 3 nitrogen and oxygen atoms in total. The second kappa shape index (κ2) is 6.97. The fraction of sp³-hybridized carbons (Fsp3) is 0.143. The second-order valence-electron chi connectivity index (χ2n) is 3.84. The number of benzene rings is 1. The summed E-state index contributed by atoms with van der Waals surface area (Å²) in [5, 5.41) is 1.57. The summed E-state index contributed by atoms with van der Waals surface area (Å²) >= 11 is 13.4. The lowest BCUT2D eigenvalue weighted by Gasteiger charge is -2.09. The van der Waals surface area contributed by atoms with Gasteiger partial charge in [-0.1, -0.05) is 29.3 Å². The number of esters is 1. The molecule has 1 aromatic carbocycles. The third kappa shape index (κ3) is 3.45. The molecule has 20 heavy (non-hydrogen) atoms. The van der Waals surface area contributed by atoms with Gasteiger partial charge in [0.1, 0.15) is 11.6 Å². The highest BCUT2D eigenvalue weighted by Gasteiger charge is 2.14. The van der Waals surface area contributed by atoms with Crippen LogP contribution >= 0.6 is 35.0 Å². The van der Waals surface area contributed by atoms with E-state index in [0.29, 0.717) is 26.2 Å². The van der Waals surface area contributed by atoms with Crippen LogP contribution in [0.25, 0.3) is 0 Å². The smallest absolute Gasteiger partial charge is 0.341 e. The van der Waals surface area contributed by atoms with Gasteiger partial charge in [-0.25, -0.2) is 9.78 Å². The largest absolute Gasteiger partial charge is 0.457 e. The molecule has 0 atom stereocenters. The van der Waals surface area contributed by atoms with E-state index in [-0.39, 0.29) is 6.61 Å². The van der Waals surface area contributed by atoms with Gasteiger partial charge in [-0.05, 0) is 30.5 Å². The average Bonchev–Trinajstić information content (AvgIpc) is 2.46. The Morgan fingerprint density at radius 2 is 1.95 bits per heavy atom. The van der Waals surface area contributed by atoms with Gasteiger partial charge in [0.05, 0.1) is 5.56 Å². The second-order valence-corrected chi connectivity index (χ2v) is 5.45. The van der Waals surface area contributed by atoms with Crippen LogP contribution < -0.4 is 0 Å². The van der Waals surface area contributed by atoms with Crippen molar-refractivity contribution in [3.8, 4) is 0 Å². The Hall–Kier alpha value is -1.23. The molecule has 6 heteroatoms. The zero-order valence-electron chi connectivity index (χ0n) is 10.6. The topological polar surface area (TPSA) is 39.2 Å². The van der Waals surface area contributed by atoms with Gasteiger partial charge >= 0.3 is 5.97 Å². The molecule has 2 aromatic rings. The van der Waals surface area contributed by atoms with Crippen LogP contribution in [0.2, 0.25) is 10.0 Å². The molecule has 0 spiro atoms. The van der Waals surface area contributed by atoms with E-state index in [2.05, 4.69) is 4.98 Å². The van der Waals surface area contributed by atoms with Gasteiger partial charge in [-0.15, -0.1) is 11.8 Å². The summed E-state index contributed by atoms with van der Waals surface area (Å²) in [5.41, 5.74) is 1.03. The van der Waals surface area contributed by atoms with Gasteiger partial charge < -0.3 is 4.74 Å². The van der Waals surface area contributed by atoms with Gasteiger partial charge in [0.15, 0.2) is 0 Å². The van der Waals surface area contributed by atoms with Crippen molar-refractivity contribution in [3.05, 3.63) is 57.7 Å². The van der Waals surface area contributed by atoms with Crippen molar-refractivity contribution in [2.75, 3.05) is 6.26 Å². The summed E-state index contributed by atoms with van der Waals surface area (Å²) < 4.78 is 5.26. The molecular formula is C14H11Cl2NO2S. The minimum atomic E-state index is -0.446. The minimum absolute atomic E-state index is 0.0278. The Balaban J connectivity index is 2.13. The van der Waals surface area contributed by atoms with E-state index >= 15 is 0 Å². The van der Waals surface area contributed by atoms with E-state index < -0.39 is 5.97 Å². The number of halogens is 2. The number of aromatic nitrogens is 1. The Kier molecular flexibility index (Phi) is 5.29. The van der Waals surface area contributed by atoms with Crippen LogP contribution in [0, 0.1) is 0 Å². The van der Waals surface area contributed by atoms with Crippen molar-refractivity contribution < 1.29 is 9.53 Å². The van der Waals surface area contributed by atoms with Crippen molar-refractivity contribution in [3.63, 3.8) is 0 Å². The Morgan fingerprint density at radius 1 is 1.25 bits per heavy atom. The van der Waals surface area contributed by atoms with E-state index in [4.69, 9.17) is 27.9 Å². The first-order chi connectivity index (χ1) is 9.63. The summed E-state index contributed by atoms with van der Waals surface area (Å²) in [5.74, 6) is -0.446. The molecule has 0 unspecified atom stereocenters. The Morgan fingerprint density at radius 3 is 2.60 bits per heavy atom. The maximum atomic E-state index is 12.1. The molecule has 0 bridgehead atoms. The number of rotatable bonds is 4. The molecule has 0 N–H and O–H groups in total. The molecule has 2 rings (SSSR count). The van der Waals surface area contributed by atoms with Crippen LogP contribution in [0.1, 0.15) is 15.9 Å². The Labute approximate surface area is 131 Å². The van der Waals surface area contributed by atoms with Crippen molar-refractivity contribution in [2.45, 2.75) is 11.6 Å². The fourth-order valence-corrected chi connectivity index (χ4v) is 2.64. The zero-order chi connectivity index (χ0) is 14.5. The lowest BCUT2D eigenvalue weighted by molar-refractivity contribution is 0.0468. The lowest BCUT2D eigenvalue weighted by atomic mass is 10.2. The monoisotopic (exact) mass is 327 g/mol. The predicted molar refractivity (Wildman–Crippen MR) is 81.6 cm³/mol. The van der Waals surface area contributed by atoms with Gasteiger partial charge in [0.25, 0.3) is 0 Å². The molecule has 1 aromatic heterocycles. The van der Waals surface area contributed by atoms with E-state index in [1.54, 1.807) is 36.5 Å². The number of carbonyl (C=O) groups excluding carboxylic acids is 1. The number of ether oxygens (including phenoxy) is 1. The molecule has 0 radical (unpaired) electrons. The van der Waals surface area contributed by atoms with E-state index in [9.17, 15) is 4.79 Å². The number of hydrogen-bond acceptors (Lipinski definition) is 4. The van der Waals surface area contributed by atoms with Gasteiger partial charge in [0, 0.05) is 21.8 Å². The number of nitrogens with zero attached hydrogens (tertiary/aromatic N) is 1. The average molecular weight is 328 g/mol. The van der Waals surface area contributed by atoms with Crippen LogP contribution in [0.5, 0.6) is 0 Å². The third-order valence-corrected chi connectivity index (χ3v) is 4.01. The highest BCUT2D eigenvalue weighted by Crippen LogP contribution is 2.25. The summed E-state index contributed by atoms with van der Waals surface area (Å²) in [6, 6.07) is 8.51. The molecule has 0 fully saturated rings. The van der Waals surface area contributed by atoms with Crippen LogP contribution in [0.3, 0.4) is 0 Å². The maximum Gasteiger partial charge on any atom is 0.341 e. The van der Waals surface area contributed by atoms with E-state index in [0.717, 1.165) is 0 Å². The minimum Gasteiger partial charge on any atom is -0.457 e. The van der Waals surface area contributed by atoms with Crippen LogP contribution in [0.15, 0.2) is 41.6 Å². The summed E-state index contributed by atoms with van der Waals surface area (Å²) in [6.45, 7) is 0.0278. The summed E-state index contributed by atoms with van der Waals surface area (Å²) in [4.78, 5) is 16.2. The standard InChI is InChI=1S/C14H11Cl2NO2S/c1-20-13-9(4-3-7-17-13)14(18)19-8-10-11(15)5-2-6-12(10)16/h2-7H,8H2,1H3. The van der Waals surface area contributed by atoms with Gasteiger partial charge in [-0.2, -0.15) is 0 Å². The third-order valence-electron chi connectivity index (χ3n) is 2.59. The number of thioether (sulfide) groups is 1. The normalized spacial score (nSPS) is 10.3. The van der Waals surface area contributed by atoms with E-state index in [1.807, 2.05) is 6.26 Å². The molecule has 1 heterocycles. The molecule has 0 amide bonds. The number of hydrogen-bond donors (Lipinski definition) is 0. The maximum absolute atomic E-state index is 12.1. The quantitative estimate of drug-likeness (QED) is 0.613. The molecule has 0 aliphatic carbocycles. The first-order valence-electron chi connectivity index (χ1n) is 5.72. The van der Waals surface area contributed by atoms with Crippen LogP contribution in [-0.2, 0) is 11.3 Å². The SMILES string of the molecule is CSc1ncccc1C(=O)OCc1c(Cl)cccc1Cl. The molecule has 0 saturated carbocycles. The zero-order valence-corrected chi connectivity index (χ0v) is 12.9. The number of carbonyl (C=O) groups is 1. The predicted octanol–water partition coefficient (Wildman–Crippen LogP) is 4.47. The van der Waals surface area contributed by atoms with Crippen molar-refractivity contribution >= 4 is 40.9 Å². The lowest BCUT2D eigenvalue weighted by Crippen LogP contribution is -2.08. The Bertz CT molecular complexity index is 614. The van der Waals surface area contributed by atoms with Gasteiger partial charge in [-0.3, -0.25) is 0 Å². The highest BCUT2D eigenvalue weighted by molar-refractivity contribution is 7.98. The molecular weight excluding hydrogens is 317 g/mol. The highest BCUT2D eigenvalue weighted by atomic mass is 35.5. The first kappa shape index (κ1) is 15.2. The summed E-state index contributed by atoms with van der Waals surface area (Å²) in [7, 11) is 0. The van der Waals surface area contributed by atoms with Gasteiger partial charge in [0.2, 0.25) is 0 Å². The van der Waals surface area contributed by atoms with Crippen molar-refractivity contribution in [1.29, 1.82) is 0 Å². The molecule has 104 valence electrons.